The summed E-state index contributed by atoms with van der Waals surface area (Å²) in [5.74, 6) is -1.63. The number of amides is 1. The van der Waals surface area contributed by atoms with E-state index >= 15 is 0 Å². The van der Waals surface area contributed by atoms with Gasteiger partial charge in [0.25, 0.3) is 11.5 Å². The van der Waals surface area contributed by atoms with Crippen LogP contribution in [0.25, 0.3) is 11.1 Å². The maximum Gasteiger partial charge on any atom is 0.330 e. The van der Waals surface area contributed by atoms with E-state index in [0.29, 0.717) is 32.4 Å². The lowest BCUT2D eigenvalue weighted by atomic mass is 10.00. The van der Waals surface area contributed by atoms with Gasteiger partial charge in [-0.1, -0.05) is 36.4 Å². The highest BCUT2D eigenvalue weighted by Crippen LogP contribution is 2.21. The molecule has 0 fully saturated rings. The molecule has 172 valence electrons. The number of aryl methyl sites for hydroxylation is 1. The molecule has 2 N–H and O–H groups in total. The number of aromatic nitrogens is 2. The third-order valence-corrected chi connectivity index (χ3v) is 6.35. The molecule has 0 unspecified atom stereocenters. The first-order chi connectivity index (χ1) is 15.5. The molecule has 2 aromatic carbocycles. The SMILES string of the molecule is Cc1cccc(Br)c1C(=O)N[C@@H](Cc1ccc(-c2c(C)n(C)c(=O)n(C)c2=O)cc1)C(=O)O. The topological polar surface area (TPSA) is 110 Å². The number of hydrogen-bond acceptors (Lipinski definition) is 4. The van der Waals surface area contributed by atoms with Crippen molar-refractivity contribution in [1.29, 1.82) is 0 Å². The summed E-state index contributed by atoms with van der Waals surface area (Å²) in [5.41, 5.74) is 2.54. The molecule has 0 saturated heterocycles. The highest BCUT2D eigenvalue weighted by atomic mass is 79.9. The Balaban J connectivity index is 1.87. The van der Waals surface area contributed by atoms with E-state index in [2.05, 4.69) is 21.2 Å². The lowest BCUT2D eigenvalue weighted by Gasteiger charge is -2.17. The number of rotatable bonds is 6. The van der Waals surface area contributed by atoms with Gasteiger partial charge in [-0.3, -0.25) is 14.2 Å². The lowest BCUT2D eigenvalue weighted by Crippen LogP contribution is -2.42. The molecule has 0 aliphatic rings. The van der Waals surface area contributed by atoms with Crippen molar-refractivity contribution in [2.45, 2.75) is 26.3 Å². The summed E-state index contributed by atoms with van der Waals surface area (Å²) in [6, 6.07) is 11.0. The van der Waals surface area contributed by atoms with Crippen molar-refractivity contribution in [3.05, 3.63) is 90.2 Å². The number of aliphatic carboxylic acids is 1. The molecule has 3 aromatic rings. The zero-order valence-electron chi connectivity index (χ0n) is 18.7. The van der Waals surface area contributed by atoms with Crippen molar-refractivity contribution < 1.29 is 14.7 Å². The smallest absolute Gasteiger partial charge is 0.330 e. The van der Waals surface area contributed by atoms with E-state index in [0.717, 1.165) is 10.1 Å². The highest BCUT2D eigenvalue weighted by molar-refractivity contribution is 9.10. The van der Waals surface area contributed by atoms with E-state index in [4.69, 9.17) is 0 Å². The molecule has 3 rings (SSSR count). The number of carboxylic acids is 1. The van der Waals surface area contributed by atoms with Gasteiger partial charge in [0.05, 0.1) is 11.1 Å². The largest absolute Gasteiger partial charge is 0.480 e. The number of benzene rings is 2. The molecular weight excluding hydrogens is 490 g/mol. The maximum absolute atomic E-state index is 12.7. The number of halogens is 1. The van der Waals surface area contributed by atoms with Gasteiger partial charge in [-0.25, -0.2) is 9.59 Å². The van der Waals surface area contributed by atoms with E-state index in [9.17, 15) is 24.3 Å². The second kappa shape index (κ2) is 9.58. The fraction of sp³-hybridized carbons (Fsp3) is 0.250. The molecule has 0 radical (unpaired) electrons. The molecule has 0 aliphatic heterocycles. The van der Waals surface area contributed by atoms with Crippen molar-refractivity contribution in [2.24, 2.45) is 14.1 Å². The summed E-state index contributed by atoms with van der Waals surface area (Å²) in [6.07, 6.45) is 0.0646. The Bertz CT molecular complexity index is 1340. The van der Waals surface area contributed by atoms with Crippen molar-refractivity contribution in [1.82, 2.24) is 14.5 Å². The molecule has 1 heterocycles. The van der Waals surface area contributed by atoms with Crippen LogP contribution in [0.5, 0.6) is 0 Å². The predicted octanol–water partition coefficient (Wildman–Crippen LogP) is 2.56. The molecule has 0 saturated carbocycles. The van der Waals surface area contributed by atoms with Crippen molar-refractivity contribution in [3.8, 4) is 11.1 Å². The molecule has 33 heavy (non-hydrogen) atoms. The molecule has 1 amide bonds. The minimum atomic E-state index is -1.15. The van der Waals surface area contributed by atoms with Crippen LogP contribution in [0.15, 0.2) is 56.5 Å². The fourth-order valence-corrected chi connectivity index (χ4v) is 4.32. The summed E-state index contributed by atoms with van der Waals surface area (Å²) >= 11 is 3.34. The average molecular weight is 514 g/mol. The van der Waals surface area contributed by atoms with Crippen LogP contribution in [-0.4, -0.2) is 32.2 Å². The normalized spacial score (nSPS) is 11.8. The van der Waals surface area contributed by atoms with E-state index in [-0.39, 0.29) is 6.42 Å². The zero-order chi connectivity index (χ0) is 24.4. The zero-order valence-corrected chi connectivity index (χ0v) is 20.3. The first-order valence-corrected chi connectivity index (χ1v) is 11.0. The Hall–Kier alpha value is -3.46. The number of carboxylic acid groups (broad SMARTS) is 1. The first kappa shape index (κ1) is 24.2. The van der Waals surface area contributed by atoms with E-state index in [1.165, 1.54) is 11.6 Å². The van der Waals surface area contributed by atoms with Crippen LogP contribution in [0.4, 0.5) is 0 Å². The summed E-state index contributed by atoms with van der Waals surface area (Å²) in [6.45, 7) is 3.48. The number of nitrogens with one attached hydrogen (secondary N) is 1. The van der Waals surface area contributed by atoms with E-state index < -0.39 is 29.2 Å². The fourth-order valence-electron chi connectivity index (χ4n) is 3.67. The van der Waals surface area contributed by atoms with Gasteiger partial charge in [-0.2, -0.15) is 0 Å². The van der Waals surface area contributed by atoms with Gasteiger partial charge in [-0.05, 0) is 52.5 Å². The number of nitrogens with zero attached hydrogens (tertiary/aromatic N) is 2. The van der Waals surface area contributed by atoms with Crippen LogP contribution in [-0.2, 0) is 25.3 Å². The molecule has 8 nitrogen and oxygen atoms in total. The van der Waals surface area contributed by atoms with Gasteiger partial charge in [0.2, 0.25) is 0 Å². The van der Waals surface area contributed by atoms with Crippen LogP contribution in [0.2, 0.25) is 0 Å². The lowest BCUT2D eigenvalue weighted by molar-refractivity contribution is -0.139. The van der Waals surface area contributed by atoms with Crippen molar-refractivity contribution in [2.75, 3.05) is 0 Å². The highest BCUT2D eigenvalue weighted by Gasteiger charge is 2.23. The van der Waals surface area contributed by atoms with Gasteiger partial charge in [0.1, 0.15) is 6.04 Å². The quantitative estimate of drug-likeness (QED) is 0.526. The number of carbonyl (C=O) groups excluding carboxylic acids is 1. The molecule has 0 spiro atoms. The van der Waals surface area contributed by atoms with E-state index in [1.54, 1.807) is 63.4 Å². The van der Waals surface area contributed by atoms with Gasteiger partial charge >= 0.3 is 11.7 Å². The van der Waals surface area contributed by atoms with Gasteiger partial charge in [0, 0.05) is 30.7 Å². The maximum atomic E-state index is 12.7. The van der Waals surface area contributed by atoms with Crippen molar-refractivity contribution in [3.63, 3.8) is 0 Å². The molecular formula is C24H24BrN3O5. The minimum Gasteiger partial charge on any atom is -0.480 e. The third-order valence-electron chi connectivity index (χ3n) is 5.69. The Labute approximate surface area is 198 Å². The van der Waals surface area contributed by atoms with Crippen LogP contribution in [0, 0.1) is 13.8 Å². The standard InChI is InChI=1S/C24H24BrN3O5/c1-13-6-5-7-17(25)19(13)21(29)26-18(23(31)32)12-15-8-10-16(11-9-15)20-14(2)27(3)24(33)28(4)22(20)30/h5-11,18H,12H2,1-4H3,(H,26,29)(H,31,32)/t18-/m0/s1. The van der Waals surface area contributed by atoms with Crippen LogP contribution in [0.3, 0.4) is 0 Å². The van der Waals surface area contributed by atoms with E-state index in [1.807, 2.05) is 0 Å². The predicted molar refractivity (Wildman–Crippen MR) is 129 cm³/mol. The number of hydrogen-bond donors (Lipinski definition) is 2. The molecule has 9 heteroatoms. The van der Waals surface area contributed by atoms with Gasteiger partial charge in [0.15, 0.2) is 0 Å². The summed E-state index contributed by atoms with van der Waals surface area (Å²) in [7, 11) is 3.02. The van der Waals surface area contributed by atoms with Gasteiger partial charge < -0.3 is 15.0 Å². The average Bonchev–Trinajstić information content (AvgIpc) is 2.77. The minimum absolute atomic E-state index is 0.0646. The molecule has 1 aromatic heterocycles. The monoisotopic (exact) mass is 513 g/mol. The Morgan fingerprint density at radius 1 is 1.03 bits per heavy atom. The molecule has 0 bridgehead atoms. The summed E-state index contributed by atoms with van der Waals surface area (Å²) in [5, 5.41) is 12.2. The second-order valence-electron chi connectivity index (χ2n) is 7.86. The third kappa shape index (κ3) is 4.83. The number of carbonyl (C=O) groups is 2. The summed E-state index contributed by atoms with van der Waals surface area (Å²) in [4.78, 5) is 49.3. The Morgan fingerprint density at radius 3 is 2.24 bits per heavy atom. The van der Waals surface area contributed by atoms with Crippen molar-refractivity contribution >= 4 is 27.8 Å². The summed E-state index contributed by atoms with van der Waals surface area (Å²) < 4.78 is 3.04. The molecule has 0 aliphatic carbocycles. The van der Waals surface area contributed by atoms with Crippen LogP contribution >= 0.6 is 15.9 Å². The van der Waals surface area contributed by atoms with Crippen LogP contribution < -0.4 is 16.6 Å². The Morgan fingerprint density at radius 2 is 1.67 bits per heavy atom. The van der Waals surface area contributed by atoms with Crippen LogP contribution in [0.1, 0.15) is 27.2 Å². The Kier molecular flexibility index (Phi) is 7.02. The van der Waals surface area contributed by atoms with Gasteiger partial charge in [-0.15, -0.1) is 0 Å². The molecule has 1 atom stereocenters. The second-order valence-corrected chi connectivity index (χ2v) is 8.72. The first-order valence-electron chi connectivity index (χ1n) is 10.2.